The first-order chi connectivity index (χ1) is 15.7. The minimum atomic E-state index is -0.253. The molecular weight excluding hydrogens is 470 g/mol. The van der Waals surface area contributed by atoms with Crippen molar-refractivity contribution in [3.05, 3.63) is 93.0 Å². The summed E-state index contributed by atoms with van der Waals surface area (Å²) in [6.07, 6.45) is 2.65. The lowest BCUT2D eigenvalue weighted by atomic mass is 9.99. The maximum atomic E-state index is 12.5. The molecule has 0 saturated heterocycles. The van der Waals surface area contributed by atoms with Crippen LogP contribution in [0.5, 0.6) is 11.5 Å². The highest BCUT2D eigenvalue weighted by Gasteiger charge is 2.17. The number of nitrogens with one attached hydrogen (secondary N) is 1. The number of carbonyl (C=O) groups excluding carboxylic acids is 1. The van der Waals surface area contributed by atoms with Crippen LogP contribution >= 0.6 is 15.9 Å². The smallest absolute Gasteiger partial charge is 0.271 e. The molecule has 6 nitrogen and oxygen atoms in total. The van der Waals surface area contributed by atoms with Crippen LogP contribution in [0, 0.1) is 0 Å². The van der Waals surface area contributed by atoms with Gasteiger partial charge >= 0.3 is 0 Å². The number of ether oxygens (including phenoxy) is 2. The van der Waals surface area contributed by atoms with E-state index in [-0.39, 0.29) is 12.7 Å². The van der Waals surface area contributed by atoms with Gasteiger partial charge < -0.3 is 9.47 Å². The van der Waals surface area contributed by atoms with E-state index in [2.05, 4.69) is 55.6 Å². The van der Waals surface area contributed by atoms with Gasteiger partial charge in [0.1, 0.15) is 0 Å². The third-order valence-electron chi connectivity index (χ3n) is 5.69. The van der Waals surface area contributed by atoms with Crippen molar-refractivity contribution >= 4 is 28.1 Å². The lowest BCUT2D eigenvalue weighted by Gasteiger charge is -2.28. The Hall–Kier alpha value is -3.16. The van der Waals surface area contributed by atoms with Gasteiger partial charge in [0.05, 0.1) is 6.21 Å². The summed E-state index contributed by atoms with van der Waals surface area (Å²) in [5, 5.41) is 4.08. The van der Waals surface area contributed by atoms with Crippen molar-refractivity contribution in [3.63, 3.8) is 0 Å². The van der Waals surface area contributed by atoms with Crippen molar-refractivity contribution in [3.8, 4) is 11.5 Å². The second kappa shape index (κ2) is 9.14. The van der Waals surface area contributed by atoms with E-state index in [0.29, 0.717) is 17.1 Å². The summed E-state index contributed by atoms with van der Waals surface area (Å²) in [5.41, 5.74) is 7.98. The Kier molecular flexibility index (Phi) is 5.92. The van der Waals surface area contributed by atoms with E-state index in [1.807, 2.05) is 36.4 Å². The first-order valence-electron chi connectivity index (χ1n) is 10.5. The zero-order valence-corrected chi connectivity index (χ0v) is 19.0. The average molecular weight is 492 g/mol. The van der Waals surface area contributed by atoms with Gasteiger partial charge in [-0.2, -0.15) is 5.10 Å². The van der Waals surface area contributed by atoms with Crippen molar-refractivity contribution < 1.29 is 14.3 Å². The molecule has 0 saturated carbocycles. The number of fused-ring (bicyclic) bond motifs is 2. The van der Waals surface area contributed by atoms with Crippen LogP contribution in [0.1, 0.15) is 32.6 Å². The summed E-state index contributed by atoms with van der Waals surface area (Å²) in [6, 6.07) is 20.0. The van der Waals surface area contributed by atoms with Crippen LogP contribution in [0.4, 0.5) is 0 Å². The molecule has 0 fully saturated rings. The Balaban J connectivity index is 1.17. The second-order valence-corrected chi connectivity index (χ2v) is 8.71. The molecule has 7 heteroatoms. The molecule has 162 valence electrons. The van der Waals surface area contributed by atoms with Crippen molar-refractivity contribution in [2.75, 3.05) is 13.3 Å². The molecule has 1 amide bonds. The Bertz CT molecular complexity index is 1180. The van der Waals surface area contributed by atoms with Gasteiger partial charge in [0.2, 0.25) is 6.79 Å². The Morgan fingerprint density at radius 2 is 1.81 bits per heavy atom. The number of rotatable bonds is 5. The molecule has 2 aliphatic heterocycles. The van der Waals surface area contributed by atoms with Crippen molar-refractivity contribution in [2.45, 2.75) is 19.5 Å². The van der Waals surface area contributed by atoms with Crippen LogP contribution in [0.25, 0.3) is 0 Å². The molecule has 5 rings (SSSR count). The van der Waals surface area contributed by atoms with Crippen molar-refractivity contribution in [2.24, 2.45) is 5.10 Å². The predicted molar refractivity (Wildman–Crippen MR) is 126 cm³/mol. The fourth-order valence-corrected chi connectivity index (χ4v) is 4.39. The maximum absolute atomic E-state index is 12.5. The highest BCUT2D eigenvalue weighted by Crippen LogP contribution is 2.36. The van der Waals surface area contributed by atoms with Gasteiger partial charge in [-0.25, -0.2) is 5.43 Å². The van der Waals surface area contributed by atoms with Crippen LogP contribution in [0.2, 0.25) is 0 Å². The second-order valence-electron chi connectivity index (χ2n) is 7.85. The third-order valence-corrected chi connectivity index (χ3v) is 6.38. The van der Waals surface area contributed by atoms with Gasteiger partial charge in [-0.3, -0.25) is 9.69 Å². The fraction of sp³-hybridized carbons (Fsp3) is 0.200. The van der Waals surface area contributed by atoms with E-state index in [9.17, 15) is 4.79 Å². The number of benzene rings is 3. The van der Waals surface area contributed by atoms with Crippen LogP contribution < -0.4 is 14.9 Å². The predicted octanol–water partition coefficient (Wildman–Crippen LogP) is 4.50. The van der Waals surface area contributed by atoms with E-state index in [4.69, 9.17) is 9.47 Å². The molecule has 3 aromatic rings. The van der Waals surface area contributed by atoms with E-state index >= 15 is 0 Å². The lowest BCUT2D eigenvalue weighted by Crippen LogP contribution is -2.30. The first kappa shape index (κ1) is 20.7. The minimum absolute atomic E-state index is 0.208. The van der Waals surface area contributed by atoms with Gasteiger partial charge in [-0.05, 0) is 63.3 Å². The highest BCUT2D eigenvalue weighted by atomic mass is 79.9. The summed E-state index contributed by atoms with van der Waals surface area (Å²) in [7, 11) is 0. The van der Waals surface area contributed by atoms with E-state index < -0.39 is 0 Å². The number of hydrogen-bond donors (Lipinski definition) is 1. The molecule has 0 spiro atoms. The number of amides is 1. The van der Waals surface area contributed by atoms with E-state index in [1.165, 1.54) is 16.7 Å². The molecule has 0 atom stereocenters. The monoisotopic (exact) mass is 491 g/mol. The number of hydrogen-bond acceptors (Lipinski definition) is 5. The van der Waals surface area contributed by atoms with Crippen LogP contribution in [-0.4, -0.2) is 30.4 Å². The molecule has 0 unspecified atom stereocenters. The summed E-state index contributed by atoms with van der Waals surface area (Å²) in [6.45, 7) is 3.08. The maximum Gasteiger partial charge on any atom is 0.271 e. The zero-order valence-electron chi connectivity index (χ0n) is 17.4. The highest BCUT2D eigenvalue weighted by molar-refractivity contribution is 9.10. The number of hydrazone groups is 1. The van der Waals surface area contributed by atoms with Gasteiger partial charge in [0.25, 0.3) is 5.91 Å². The summed E-state index contributed by atoms with van der Waals surface area (Å²) in [4.78, 5) is 14.9. The van der Waals surface area contributed by atoms with Crippen molar-refractivity contribution in [1.82, 2.24) is 10.3 Å². The molecule has 0 bridgehead atoms. The quantitative estimate of drug-likeness (QED) is 0.421. The number of halogens is 1. The molecule has 0 aliphatic carbocycles. The van der Waals surface area contributed by atoms with Gasteiger partial charge in [0, 0.05) is 35.2 Å². The third kappa shape index (κ3) is 4.54. The Labute approximate surface area is 195 Å². The summed E-state index contributed by atoms with van der Waals surface area (Å²) >= 11 is 3.48. The normalized spacial score (nSPS) is 15.0. The topological polar surface area (TPSA) is 63.2 Å². The molecule has 0 aromatic heterocycles. The molecule has 2 heterocycles. The largest absolute Gasteiger partial charge is 0.454 e. The van der Waals surface area contributed by atoms with Gasteiger partial charge in [-0.1, -0.05) is 36.4 Å². The first-order valence-corrected chi connectivity index (χ1v) is 11.3. The summed E-state index contributed by atoms with van der Waals surface area (Å²) < 4.78 is 11.5. The molecule has 0 radical (unpaired) electrons. The molecule has 2 aliphatic rings. The standard InChI is InChI=1S/C25H22BrN3O3/c26-22-12-24-23(31-16-32-24)11-21(22)13-27-28-25(30)19-7-5-17(6-8-19)14-29-10-9-18-3-1-2-4-20(18)15-29/h1-8,11-13H,9-10,14-16H2,(H,28,30)/b27-13+. The Morgan fingerprint density at radius 3 is 2.62 bits per heavy atom. The van der Waals surface area contributed by atoms with Gasteiger partial charge in [-0.15, -0.1) is 0 Å². The molecule has 3 aromatic carbocycles. The van der Waals surface area contributed by atoms with Crippen LogP contribution in [0.15, 0.2) is 70.2 Å². The SMILES string of the molecule is O=C(N/N=C/c1cc2c(cc1Br)OCO2)c1ccc(CN2CCc3ccccc3C2)cc1. The molecular formula is C25H22BrN3O3. The van der Waals surface area contributed by atoms with Crippen LogP contribution in [0.3, 0.4) is 0 Å². The zero-order chi connectivity index (χ0) is 21.9. The van der Waals surface area contributed by atoms with Crippen LogP contribution in [-0.2, 0) is 19.5 Å². The van der Waals surface area contributed by atoms with E-state index in [1.54, 1.807) is 6.21 Å². The average Bonchev–Trinajstić information content (AvgIpc) is 3.26. The minimum Gasteiger partial charge on any atom is -0.454 e. The van der Waals surface area contributed by atoms with Crippen molar-refractivity contribution in [1.29, 1.82) is 0 Å². The molecule has 1 N–H and O–H groups in total. The van der Waals surface area contributed by atoms with Gasteiger partial charge in [0.15, 0.2) is 11.5 Å². The van der Waals surface area contributed by atoms with E-state index in [0.717, 1.165) is 36.1 Å². The summed E-state index contributed by atoms with van der Waals surface area (Å²) in [5.74, 6) is 1.09. The Morgan fingerprint density at radius 1 is 1.06 bits per heavy atom. The number of nitrogens with zero attached hydrogens (tertiary/aromatic N) is 2. The molecule has 32 heavy (non-hydrogen) atoms. The lowest BCUT2D eigenvalue weighted by molar-refractivity contribution is 0.0955. The fourth-order valence-electron chi connectivity index (χ4n) is 3.97. The number of carbonyl (C=O) groups is 1.